The van der Waals surface area contributed by atoms with Crippen LogP contribution in [0.2, 0.25) is 5.02 Å². The van der Waals surface area contributed by atoms with Crippen molar-refractivity contribution in [3.63, 3.8) is 0 Å². The van der Waals surface area contributed by atoms with Crippen LogP contribution in [0.1, 0.15) is 10.4 Å². The van der Waals surface area contributed by atoms with Crippen molar-refractivity contribution in [3.8, 4) is 11.3 Å². The predicted molar refractivity (Wildman–Crippen MR) is 61.8 cm³/mol. The third kappa shape index (κ3) is 1.89. The van der Waals surface area contributed by atoms with E-state index in [1.807, 2.05) is 0 Å². The molecule has 4 nitrogen and oxygen atoms in total. The van der Waals surface area contributed by atoms with Gasteiger partial charge >= 0.3 is 0 Å². The molecule has 1 N–H and O–H groups in total. The lowest BCUT2D eigenvalue weighted by atomic mass is 10.1. The zero-order chi connectivity index (χ0) is 12.6. The van der Waals surface area contributed by atoms with Crippen LogP contribution in [-0.2, 0) is 7.05 Å². The summed E-state index contributed by atoms with van der Waals surface area (Å²) in [5, 5.41) is 2.84. The first-order chi connectivity index (χ1) is 8.04. The van der Waals surface area contributed by atoms with Crippen LogP contribution >= 0.6 is 11.6 Å². The predicted octanol–water partition coefficient (Wildman–Crippen LogP) is 1.99. The molecular formula is C11H8ClFN2O2. The average molecular weight is 255 g/mol. The lowest BCUT2D eigenvalue weighted by molar-refractivity contribution is 0.112. The van der Waals surface area contributed by atoms with E-state index in [4.69, 9.17) is 11.6 Å². The van der Waals surface area contributed by atoms with Crippen LogP contribution in [0.25, 0.3) is 11.3 Å². The third-order valence-electron chi connectivity index (χ3n) is 2.40. The molecule has 0 saturated heterocycles. The Morgan fingerprint density at radius 2 is 2.18 bits per heavy atom. The van der Waals surface area contributed by atoms with Crippen molar-refractivity contribution in [1.82, 2.24) is 9.78 Å². The number of nitrogens with zero attached hydrogens (tertiary/aromatic N) is 1. The van der Waals surface area contributed by atoms with E-state index in [-0.39, 0.29) is 16.3 Å². The van der Waals surface area contributed by atoms with E-state index in [0.717, 1.165) is 6.07 Å². The molecule has 0 radical (unpaired) electrons. The Labute approximate surface area is 101 Å². The quantitative estimate of drug-likeness (QED) is 0.834. The van der Waals surface area contributed by atoms with Gasteiger partial charge in [0.2, 0.25) is 0 Å². The van der Waals surface area contributed by atoms with Crippen molar-refractivity contribution in [2.45, 2.75) is 0 Å². The van der Waals surface area contributed by atoms with Crippen molar-refractivity contribution < 1.29 is 9.18 Å². The Balaban J connectivity index is 2.72. The summed E-state index contributed by atoms with van der Waals surface area (Å²) in [6, 6.07) is 3.74. The molecule has 2 rings (SSSR count). The van der Waals surface area contributed by atoms with Crippen molar-refractivity contribution in [2.75, 3.05) is 0 Å². The highest BCUT2D eigenvalue weighted by molar-refractivity contribution is 6.33. The van der Waals surface area contributed by atoms with Gasteiger partial charge < -0.3 is 0 Å². The second kappa shape index (κ2) is 4.18. The highest BCUT2D eigenvalue weighted by Gasteiger charge is 2.15. The number of aryl methyl sites for hydroxylation is 1. The van der Waals surface area contributed by atoms with E-state index in [1.54, 1.807) is 0 Å². The standard InChI is InChI=1S/C11H8ClFN2O2/c1-15-11(17)8(5-16)10(14-15)7-3-2-6(13)4-9(7)12/h2-5,14H,1H3. The van der Waals surface area contributed by atoms with Gasteiger partial charge in [0.05, 0.1) is 10.7 Å². The molecule has 0 atom stereocenters. The van der Waals surface area contributed by atoms with E-state index in [1.165, 1.54) is 23.9 Å². The molecule has 1 heterocycles. The van der Waals surface area contributed by atoms with Gasteiger partial charge in [-0.25, -0.2) is 4.39 Å². The van der Waals surface area contributed by atoms with Gasteiger partial charge in [-0.05, 0) is 18.2 Å². The number of aromatic nitrogens is 2. The number of H-pyrrole nitrogens is 1. The number of carbonyl (C=O) groups excluding carboxylic acids is 1. The zero-order valence-corrected chi connectivity index (χ0v) is 9.58. The molecule has 1 aromatic heterocycles. The molecule has 0 aliphatic heterocycles. The normalized spacial score (nSPS) is 10.5. The minimum atomic E-state index is -0.482. The van der Waals surface area contributed by atoms with Gasteiger partial charge in [-0.1, -0.05) is 11.6 Å². The number of aromatic amines is 1. The lowest BCUT2D eigenvalue weighted by Crippen LogP contribution is -2.14. The monoisotopic (exact) mass is 254 g/mol. The van der Waals surface area contributed by atoms with E-state index in [2.05, 4.69) is 5.10 Å². The molecule has 0 aliphatic rings. The van der Waals surface area contributed by atoms with Crippen molar-refractivity contribution in [1.29, 1.82) is 0 Å². The molecule has 0 amide bonds. The van der Waals surface area contributed by atoms with E-state index < -0.39 is 11.4 Å². The first-order valence-electron chi connectivity index (χ1n) is 4.74. The average Bonchev–Trinajstić information content (AvgIpc) is 2.55. The van der Waals surface area contributed by atoms with Gasteiger partial charge in [0, 0.05) is 12.6 Å². The zero-order valence-electron chi connectivity index (χ0n) is 8.83. The van der Waals surface area contributed by atoms with E-state index in [0.29, 0.717) is 11.8 Å². The molecule has 0 saturated carbocycles. The molecule has 2 aromatic rings. The van der Waals surface area contributed by atoms with Crippen LogP contribution in [0.5, 0.6) is 0 Å². The summed E-state index contributed by atoms with van der Waals surface area (Å²) in [4.78, 5) is 22.4. The van der Waals surface area contributed by atoms with E-state index >= 15 is 0 Å². The number of hydrogen-bond donors (Lipinski definition) is 1. The molecule has 0 unspecified atom stereocenters. The van der Waals surface area contributed by atoms with Crippen LogP contribution in [0.4, 0.5) is 4.39 Å². The molecule has 0 fully saturated rings. The van der Waals surface area contributed by atoms with Gasteiger partial charge in [0.25, 0.3) is 5.56 Å². The summed E-state index contributed by atoms with van der Waals surface area (Å²) in [6.45, 7) is 0. The van der Waals surface area contributed by atoms with Crippen LogP contribution in [-0.4, -0.2) is 16.1 Å². The summed E-state index contributed by atoms with van der Waals surface area (Å²) in [7, 11) is 1.48. The fourth-order valence-electron chi connectivity index (χ4n) is 1.57. The van der Waals surface area contributed by atoms with Gasteiger partial charge in [-0.2, -0.15) is 0 Å². The van der Waals surface area contributed by atoms with Crippen LogP contribution in [0, 0.1) is 5.82 Å². The van der Waals surface area contributed by atoms with E-state index in [9.17, 15) is 14.0 Å². The summed E-state index contributed by atoms with van der Waals surface area (Å²) in [5.41, 5.74) is 0.224. The number of benzene rings is 1. The van der Waals surface area contributed by atoms with Crippen molar-refractivity contribution in [2.24, 2.45) is 7.05 Å². The highest BCUT2D eigenvalue weighted by Crippen LogP contribution is 2.27. The Morgan fingerprint density at radius 1 is 1.47 bits per heavy atom. The van der Waals surface area contributed by atoms with Crippen LogP contribution in [0.15, 0.2) is 23.0 Å². The maximum atomic E-state index is 12.9. The number of nitrogens with one attached hydrogen (secondary N) is 1. The molecule has 1 aromatic carbocycles. The summed E-state index contributed by atoms with van der Waals surface area (Å²) < 4.78 is 14.1. The summed E-state index contributed by atoms with van der Waals surface area (Å²) in [5.74, 6) is -0.482. The van der Waals surface area contributed by atoms with Gasteiger partial charge in [-0.15, -0.1) is 0 Å². The summed E-state index contributed by atoms with van der Waals surface area (Å²) >= 11 is 5.87. The van der Waals surface area contributed by atoms with Gasteiger partial charge in [0.15, 0.2) is 6.29 Å². The van der Waals surface area contributed by atoms with Gasteiger partial charge in [0.1, 0.15) is 11.4 Å². The molecular weight excluding hydrogens is 247 g/mol. The Morgan fingerprint density at radius 3 is 2.76 bits per heavy atom. The molecule has 88 valence electrons. The van der Waals surface area contributed by atoms with Crippen LogP contribution < -0.4 is 5.56 Å². The fraction of sp³-hybridized carbons (Fsp3) is 0.0909. The smallest absolute Gasteiger partial charge is 0.277 e. The van der Waals surface area contributed by atoms with Crippen LogP contribution in [0.3, 0.4) is 0 Å². The number of hydrogen-bond acceptors (Lipinski definition) is 2. The maximum Gasteiger partial charge on any atom is 0.277 e. The minimum Gasteiger partial charge on any atom is -0.298 e. The molecule has 0 aliphatic carbocycles. The Kier molecular flexibility index (Phi) is 2.85. The fourth-order valence-corrected chi connectivity index (χ4v) is 1.83. The number of aldehydes is 1. The topological polar surface area (TPSA) is 54.9 Å². The van der Waals surface area contributed by atoms with Crippen molar-refractivity contribution in [3.05, 3.63) is 45.0 Å². The molecule has 0 spiro atoms. The van der Waals surface area contributed by atoms with Gasteiger partial charge in [-0.3, -0.25) is 19.4 Å². The second-order valence-corrected chi connectivity index (χ2v) is 3.91. The molecule has 0 bridgehead atoms. The first-order valence-corrected chi connectivity index (χ1v) is 5.12. The first kappa shape index (κ1) is 11.6. The Hall–Kier alpha value is -1.88. The molecule has 17 heavy (non-hydrogen) atoms. The highest BCUT2D eigenvalue weighted by atomic mass is 35.5. The number of rotatable bonds is 2. The number of halogens is 2. The number of carbonyl (C=O) groups is 1. The second-order valence-electron chi connectivity index (χ2n) is 3.51. The van der Waals surface area contributed by atoms with Crippen molar-refractivity contribution >= 4 is 17.9 Å². The lowest BCUT2D eigenvalue weighted by Gasteiger charge is -2.02. The Bertz CT molecular complexity index is 645. The third-order valence-corrected chi connectivity index (χ3v) is 2.71. The maximum absolute atomic E-state index is 12.9. The molecule has 6 heteroatoms. The largest absolute Gasteiger partial charge is 0.298 e. The SMILES string of the molecule is Cn1[nH]c(-c2ccc(F)cc2Cl)c(C=O)c1=O. The minimum absolute atomic E-state index is 0.0268. The summed E-state index contributed by atoms with van der Waals surface area (Å²) in [6.07, 6.45) is 0.452.